The lowest BCUT2D eigenvalue weighted by Gasteiger charge is -2.07. The molecule has 0 saturated heterocycles. The minimum atomic E-state index is -3.66. The number of hydrogen-bond donors (Lipinski definition) is 2. The van der Waals surface area contributed by atoms with Crippen molar-refractivity contribution >= 4 is 28.2 Å². The molecular formula is C13H15ClN2O3S. The first kappa shape index (κ1) is 16.3. The lowest BCUT2D eigenvalue weighted by atomic mass is 10.2. The molecule has 0 bridgehead atoms. The van der Waals surface area contributed by atoms with E-state index < -0.39 is 10.1 Å². The van der Waals surface area contributed by atoms with Crippen molar-refractivity contribution in [2.75, 3.05) is 5.43 Å². The van der Waals surface area contributed by atoms with Crippen LogP contribution in [-0.2, 0) is 15.9 Å². The van der Waals surface area contributed by atoms with Crippen LogP contribution in [0.25, 0.3) is 0 Å². The predicted octanol–water partition coefficient (Wildman–Crippen LogP) is 2.30. The Kier molecular flexibility index (Phi) is 5.82. The van der Waals surface area contributed by atoms with E-state index in [2.05, 4.69) is 5.43 Å². The van der Waals surface area contributed by atoms with E-state index >= 15 is 0 Å². The first-order valence-electron chi connectivity index (χ1n) is 5.62. The van der Waals surface area contributed by atoms with Crippen LogP contribution in [0, 0.1) is 0 Å². The lowest BCUT2D eigenvalue weighted by molar-refractivity contribution is 0.485. The molecule has 2 aromatic carbocycles. The molecule has 5 nitrogen and oxygen atoms in total. The van der Waals surface area contributed by atoms with Gasteiger partial charge in [-0.05, 0) is 29.8 Å². The van der Waals surface area contributed by atoms with Gasteiger partial charge in [-0.1, -0.05) is 30.3 Å². The average Bonchev–Trinajstić information content (AvgIpc) is 2.39. The molecule has 3 N–H and O–H groups in total. The van der Waals surface area contributed by atoms with Gasteiger partial charge in [0.2, 0.25) is 0 Å². The van der Waals surface area contributed by atoms with Crippen molar-refractivity contribution < 1.29 is 12.6 Å². The third kappa shape index (κ3) is 4.73. The van der Waals surface area contributed by atoms with E-state index in [1.54, 1.807) is 54.6 Å². The first-order chi connectivity index (χ1) is 9.09. The second kappa shape index (κ2) is 7.14. The maximum Gasteiger partial charge on any atom is 0.313 e. The van der Waals surface area contributed by atoms with Gasteiger partial charge in [-0.15, -0.1) is 12.4 Å². The van der Waals surface area contributed by atoms with Crippen molar-refractivity contribution in [3.63, 3.8) is 0 Å². The second-order valence-electron chi connectivity index (χ2n) is 3.94. The van der Waals surface area contributed by atoms with E-state index in [4.69, 9.17) is 10.0 Å². The highest BCUT2D eigenvalue weighted by molar-refractivity contribution is 7.86. The summed E-state index contributed by atoms with van der Waals surface area (Å²) in [5.74, 6) is 5.36. The van der Waals surface area contributed by atoms with Gasteiger partial charge < -0.3 is 9.61 Å². The fraction of sp³-hybridized carbons (Fsp3) is 0.0769. The maximum atomic E-state index is 11.9. The Morgan fingerprint density at radius 3 is 2.15 bits per heavy atom. The number of anilines is 1. The molecular weight excluding hydrogens is 300 g/mol. The summed E-state index contributed by atoms with van der Waals surface area (Å²) in [6, 6.07) is 15.2. The summed E-state index contributed by atoms with van der Waals surface area (Å²) in [7, 11) is -3.66. The number of nitrogen functional groups attached to an aromatic ring is 1. The maximum absolute atomic E-state index is 11.9. The molecule has 0 unspecified atom stereocenters. The third-order valence-corrected chi connectivity index (χ3v) is 3.56. The van der Waals surface area contributed by atoms with Crippen LogP contribution >= 0.6 is 12.4 Å². The Balaban J connectivity index is 0.00000200. The van der Waals surface area contributed by atoms with Gasteiger partial charge in [-0.3, -0.25) is 5.84 Å². The minimum absolute atomic E-state index is 0. The Hall–Kier alpha value is -1.76. The number of para-hydroxylation sites is 1. The topological polar surface area (TPSA) is 81.4 Å². The van der Waals surface area contributed by atoms with Gasteiger partial charge in [-0.2, -0.15) is 8.42 Å². The molecule has 2 rings (SSSR count). The van der Waals surface area contributed by atoms with Gasteiger partial charge in [0.1, 0.15) is 11.5 Å². The van der Waals surface area contributed by atoms with E-state index in [9.17, 15) is 8.42 Å². The Morgan fingerprint density at radius 1 is 1.00 bits per heavy atom. The zero-order valence-corrected chi connectivity index (χ0v) is 12.2. The molecule has 0 fully saturated rings. The van der Waals surface area contributed by atoms with Gasteiger partial charge in [0.05, 0.1) is 0 Å². The van der Waals surface area contributed by atoms with Crippen LogP contribution in [0.5, 0.6) is 5.75 Å². The van der Waals surface area contributed by atoms with Crippen molar-refractivity contribution in [1.82, 2.24) is 0 Å². The molecule has 0 radical (unpaired) electrons. The van der Waals surface area contributed by atoms with Gasteiger partial charge >= 0.3 is 10.1 Å². The Labute approximate surface area is 124 Å². The molecule has 0 heterocycles. The molecule has 0 atom stereocenters. The van der Waals surface area contributed by atoms with E-state index in [0.29, 0.717) is 17.0 Å². The SMILES string of the molecule is Cl.NNc1ccc(CS(=O)(=O)Oc2ccccc2)cc1. The van der Waals surface area contributed by atoms with Crippen LogP contribution in [0.1, 0.15) is 5.56 Å². The summed E-state index contributed by atoms with van der Waals surface area (Å²) >= 11 is 0. The first-order valence-corrected chi connectivity index (χ1v) is 7.19. The van der Waals surface area contributed by atoms with E-state index in [1.165, 1.54) is 0 Å². The highest BCUT2D eigenvalue weighted by Crippen LogP contribution is 2.16. The Bertz CT molecular complexity index is 630. The normalized spacial score (nSPS) is 10.4. The minimum Gasteiger partial charge on any atom is -0.382 e. The molecule has 108 valence electrons. The highest BCUT2D eigenvalue weighted by atomic mass is 35.5. The van der Waals surface area contributed by atoms with Crippen molar-refractivity contribution in [2.45, 2.75) is 5.75 Å². The number of hydrogen-bond acceptors (Lipinski definition) is 5. The van der Waals surface area contributed by atoms with Gasteiger partial charge in [0.25, 0.3) is 0 Å². The fourth-order valence-electron chi connectivity index (χ4n) is 1.55. The van der Waals surface area contributed by atoms with E-state index in [-0.39, 0.29) is 18.2 Å². The quantitative estimate of drug-likeness (QED) is 0.503. The van der Waals surface area contributed by atoms with Crippen molar-refractivity contribution in [2.24, 2.45) is 5.84 Å². The Morgan fingerprint density at radius 2 is 1.60 bits per heavy atom. The van der Waals surface area contributed by atoms with E-state index in [1.807, 2.05) is 0 Å². The number of nitrogens with one attached hydrogen (secondary N) is 1. The third-order valence-electron chi connectivity index (χ3n) is 2.43. The molecule has 0 aliphatic carbocycles. The highest BCUT2D eigenvalue weighted by Gasteiger charge is 2.13. The summed E-state index contributed by atoms with van der Waals surface area (Å²) in [4.78, 5) is 0. The summed E-state index contributed by atoms with van der Waals surface area (Å²) in [5.41, 5.74) is 3.82. The summed E-state index contributed by atoms with van der Waals surface area (Å²) in [6.07, 6.45) is 0. The fourth-order valence-corrected chi connectivity index (χ4v) is 2.62. The number of rotatable bonds is 5. The molecule has 20 heavy (non-hydrogen) atoms. The molecule has 7 heteroatoms. The van der Waals surface area contributed by atoms with Crippen LogP contribution < -0.4 is 15.5 Å². The van der Waals surface area contributed by atoms with Gasteiger partial charge in [0, 0.05) is 5.69 Å². The number of halogens is 1. The van der Waals surface area contributed by atoms with Gasteiger partial charge in [-0.25, -0.2) is 0 Å². The molecule has 0 aliphatic heterocycles. The second-order valence-corrected chi connectivity index (χ2v) is 5.51. The standard InChI is InChI=1S/C13H14N2O3S.ClH/c14-15-12-8-6-11(7-9-12)10-19(16,17)18-13-4-2-1-3-5-13;/h1-9,15H,10,14H2;1H. The summed E-state index contributed by atoms with van der Waals surface area (Å²) < 4.78 is 28.7. The van der Waals surface area contributed by atoms with Crippen molar-refractivity contribution in [3.8, 4) is 5.75 Å². The molecule has 0 amide bonds. The van der Waals surface area contributed by atoms with E-state index in [0.717, 1.165) is 0 Å². The molecule has 0 aromatic heterocycles. The molecule has 0 saturated carbocycles. The molecule has 2 aromatic rings. The van der Waals surface area contributed by atoms with Crippen LogP contribution in [0.2, 0.25) is 0 Å². The van der Waals surface area contributed by atoms with Crippen LogP contribution in [0.4, 0.5) is 5.69 Å². The van der Waals surface area contributed by atoms with Crippen LogP contribution in [-0.4, -0.2) is 8.42 Å². The number of benzene rings is 2. The summed E-state index contributed by atoms with van der Waals surface area (Å²) in [6.45, 7) is 0. The largest absolute Gasteiger partial charge is 0.382 e. The monoisotopic (exact) mass is 314 g/mol. The van der Waals surface area contributed by atoms with Crippen LogP contribution in [0.15, 0.2) is 54.6 Å². The van der Waals surface area contributed by atoms with Crippen LogP contribution in [0.3, 0.4) is 0 Å². The zero-order chi connectivity index (χ0) is 13.7. The lowest BCUT2D eigenvalue weighted by Crippen LogP contribution is -2.12. The van der Waals surface area contributed by atoms with Crippen molar-refractivity contribution in [3.05, 3.63) is 60.2 Å². The molecule has 0 spiro atoms. The number of nitrogens with two attached hydrogens (primary N) is 1. The smallest absolute Gasteiger partial charge is 0.313 e. The number of hydrazine groups is 1. The predicted molar refractivity (Wildman–Crippen MR) is 81.2 cm³/mol. The average molecular weight is 315 g/mol. The summed E-state index contributed by atoms with van der Waals surface area (Å²) in [5, 5.41) is 0. The van der Waals surface area contributed by atoms with Crippen molar-refractivity contribution in [1.29, 1.82) is 0 Å². The van der Waals surface area contributed by atoms with Gasteiger partial charge in [0.15, 0.2) is 0 Å². The molecule has 0 aliphatic rings. The zero-order valence-electron chi connectivity index (χ0n) is 10.5.